The molecule has 0 spiro atoms. The molecule has 23 heavy (non-hydrogen) atoms. The summed E-state index contributed by atoms with van der Waals surface area (Å²) < 4.78 is 10.0. The van der Waals surface area contributed by atoms with E-state index in [2.05, 4.69) is 4.74 Å². The lowest BCUT2D eigenvalue weighted by molar-refractivity contribution is -0.135. The van der Waals surface area contributed by atoms with E-state index in [1.807, 2.05) is 45.0 Å². The van der Waals surface area contributed by atoms with Crippen molar-refractivity contribution in [3.8, 4) is 0 Å². The van der Waals surface area contributed by atoms with Gasteiger partial charge in [0.15, 0.2) is 0 Å². The minimum absolute atomic E-state index is 0.360. The molecule has 5 nitrogen and oxygen atoms in total. The van der Waals surface area contributed by atoms with Crippen LogP contribution in [0.2, 0.25) is 0 Å². The smallest absolute Gasteiger partial charge is 0.410 e. The van der Waals surface area contributed by atoms with Crippen molar-refractivity contribution in [3.63, 3.8) is 0 Å². The van der Waals surface area contributed by atoms with Gasteiger partial charge in [-0.3, -0.25) is 0 Å². The molecule has 5 heteroatoms. The third-order valence-corrected chi connectivity index (χ3v) is 2.97. The zero-order chi connectivity index (χ0) is 17.6. The quantitative estimate of drug-likeness (QED) is 0.628. The normalized spacial score (nSPS) is 11.8. The van der Waals surface area contributed by atoms with E-state index in [0.717, 1.165) is 11.1 Å². The summed E-state index contributed by atoms with van der Waals surface area (Å²) in [6, 6.07) is 7.62. The third-order valence-electron chi connectivity index (χ3n) is 2.97. The van der Waals surface area contributed by atoms with E-state index in [9.17, 15) is 9.59 Å². The molecule has 0 atom stereocenters. The molecular weight excluding hydrogens is 294 g/mol. The van der Waals surface area contributed by atoms with Crippen molar-refractivity contribution >= 4 is 18.1 Å². The van der Waals surface area contributed by atoms with Crippen LogP contribution < -0.4 is 0 Å². The van der Waals surface area contributed by atoms with Crippen molar-refractivity contribution in [2.45, 2.75) is 39.8 Å². The number of nitrogens with zero attached hydrogens (tertiary/aromatic N) is 1. The van der Waals surface area contributed by atoms with Gasteiger partial charge in [0.2, 0.25) is 0 Å². The van der Waals surface area contributed by atoms with Crippen LogP contribution in [-0.4, -0.2) is 36.7 Å². The van der Waals surface area contributed by atoms with Gasteiger partial charge in [-0.2, -0.15) is 0 Å². The van der Waals surface area contributed by atoms with Crippen molar-refractivity contribution in [1.29, 1.82) is 0 Å². The third kappa shape index (κ3) is 6.55. The van der Waals surface area contributed by atoms with Gasteiger partial charge >= 0.3 is 12.1 Å². The Hall–Kier alpha value is -2.30. The molecule has 0 heterocycles. The summed E-state index contributed by atoms with van der Waals surface area (Å²) in [5.41, 5.74) is 1.83. The minimum Gasteiger partial charge on any atom is -0.466 e. The van der Waals surface area contributed by atoms with E-state index in [1.54, 1.807) is 20.0 Å². The summed E-state index contributed by atoms with van der Waals surface area (Å²) in [6.45, 7) is 7.62. The number of carbonyl (C=O) groups excluding carboxylic acids is 2. The van der Waals surface area contributed by atoms with Gasteiger partial charge in [-0.25, -0.2) is 9.59 Å². The van der Waals surface area contributed by atoms with Crippen molar-refractivity contribution in [3.05, 3.63) is 41.0 Å². The van der Waals surface area contributed by atoms with Crippen molar-refractivity contribution < 1.29 is 19.1 Å². The van der Waals surface area contributed by atoms with E-state index in [4.69, 9.17) is 4.74 Å². The van der Waals surface area contributed by atoms with Crippen LogP contribution >= 0.6 is 0 Å². The average Bonchev–Trinajstić information content (AvgIpc) is 2.44. The van der Waals surface area contributed by atoms with Crippen molar-refractivity contribution in [2.24, 2.45) is 0 Å². The van der Waals surface area contributed by atoms with Gasteiger partial charge < -0.3 is 14.4 Å². The Labute approximate surface area is 137 Å². The highest BCUT2D eigenvalue weighted by Crippen LogP contribution is 2.14. The molecule has 0 aliphatic carbocycles. The van der Waals surface area contributed by atoms with Gasteiger partial charge in [-0.05, 0) is 51.0 Å². The molecule has 1 rings (SSSR count). The zero-order valence-corrected chi connectivity index (χ0v) is 14.7. The molecule has 1 aromatic rings. The molecule has 0 aromatic heterocycles. The lowest BCUT2D eigenvalue weighted by Gasteiger charge is -2.24. The molecule has 0 saturated heterocycles. The largest absolute Gasteiger partial charge is 0.466 e. The minimum atomic E-state index is -0.520. The number of amides is 1. The summed E-state index contributed by atoms with van der Waals surface area (Å²) in [6.07, 6.45) is 1.38. The van der Waals surface area contributed by atoms with Crippen LogP contribution in [0.15, 0.2) is 29.8 Å². The van der Waals surface area contributed by atoms with Gasteiger partial charge in [0, 0.05) is 19.2 Å². The number of hydrogen-bond donors (Lipinski definition) is 0. The Balaban J connectivity index is 2.81. The molecule has 1 aromatic carbocycles. The highest BCUT2D eigenvalue weighted by atomic mass is 16.6. The van der Waals surface area contributed by atoms with Crippen LogP contribution in [0.5, 0.6) is 0 Å². The Morgan fingerprint density at radius 2 is 1.91 bits per heavy atom. The Kier molecular flexibility index (Phi) is 6.37. The van der Waals surface area contributed by atoms with Crippen molar-refractivity contribution in [2.75, 3.05) is 14.2 Å². The summed E-state index contributed by atoms with van der Waals surface area (Å²) in [5.74, 6) is -0.360. The maximum Gasteiger partial charge on any atom is 0.410 e. The number of carbonyl (C=O) groups is 2. The maximum atomic E-state index is 12.0. The molecule has 0 bridgehead atoms. The fraction of sp³-hybridized carbons (Fsp3) is 0.444. The fourth-order valence-corrected chi connectivity index (χ4v) is 1.93. The molecule has 0 N–H and O–H groups in total. The van der Waals surface area contributed by atoms with Crippen LogP contribution in [-0.2, 0) is 20.8 Å². The average molecular weight is 319 g/mol. The zero-order valence-electron chi connectivity index (χ0n) is 14.7. The maximum absolute atomic E-state index is 12.0. The van der Waals surface area contributed by atoms with Gasteiger partial charge in [-0.1, -0.05) is 18.2 Å². The molecule has 126 valence electrons. The summed E-state index contributed by atoms with van der Waals surface area (Å²) in [5, 5.41) is 0. The summed E-state index contributed by atoms with van der Waals surface area (Å²) >= 11 is 0. The highest BCUT2D eigenvalue weighted by Gasteiger charge is 2.19. The van der Waals surface area contributed by atoms with E-state index in [0.29, 0.717) is 12.1 Å². The topological polar surface area (TPSA) is 55.8 Å². The lowest BCUT2D eigenvalue weighted by Crippen LogP contribution is -2.33. The van der Waals surface area contributed by atoms with Gasteiger partial charge in [0.05, 0.1) is 7.11 Å². The van der Waals surface area contributed by atoms with E-state index >= 15 is 0 Å². The molecule has 0 unspecified atom stereocenters. The number of ether oxygens (including phenoxy) is 2. The molecule has 0 fully saturated rings. The van der Waals surface area contributed by atoms with Crippen LogP contribution in [0, 0.1) is 0 Å². The first-order valence-corrected chi connectivity index (χ1v) is 7.42. The molecule has 0 saturated carbocycles. The summed E-state index contributed by atoms with van der Waals surface area (Å²) in [7, 11) is 3.04. The van der Waals surface area contributed by atoms with E-state index in [1.165, 1.54) is 12.0 Å². The molecular formula is C18H25NO4. The predicted octanol–water partition coefficient (Wildman–Crippen LogP) is 3.63. The fourth-order valence-electron chi connectivity index (χ4n) is 1.93. The van der Waals surface area contributed by atoms with E-state index in [-0.39, 0.29) is 12.1 Å². The standard InChI is InChI=1S/C18H25NO4/c1-13(16(20)22-6)10-14-8-7-9-15(11-14)12-19(5)17(21)23-18(2,3)4/h7-11H,12H2,1-6H3/b13-10+. The Morgan fingerprint density at radius 3 is 2.48 bits per heavy atom. The predicted molar refractivity (Wildman–Crippen MR) is 89.8 cm³/mol. The molecule has 0 aliphatic rings. The number of methoxy groups -OCH3 is 1. The monoisotopic (exact) mass is 319 g/mol. The molecule has 0 aliphatic heterocycles. The van der Waals surface area contributed by atoms with Gasteiger partial charge in [0.1, 0.15) is 5.60 Å². The first-order chi connectivity index (χ1) is 10.6. The van der Waals surface area contributed by atoms with Crippen LogP contribution in [0.3, 0.4) is 0 Å². The first-order valence-electron chi connectivity index (χ1n) is 7.42. The Bertz CT molecular complexity index is 599. The SMILES string of the molecule is COC(=O)/C(C)=C/c1cccc(CN(C)C(=O)OC(C)(C)C)c1. The summed E-state index contributed by atoms with van der Waals surface area (Å²) in [4.78, 5) is 24.9. The number of esters is 1. The van der Waals surface area contributed by atoms with Crippen molar-refractivity contribution in [1.82, 2.24) is 4.90 Å². The first kappa shape index (κ1) is 18.7. The molecule has 0 radical (unpaired) electrons. The van der Waals surface area contributed by atoms with Gasteiger partial charge in [-0.15, -0.1) is 0 Å². The second-order valence-corrected chi connectivity index (χ2v) is 6.40. The highest BCUT2D eigenvalue weighted by molar-refractivity contribution is 5.92. The van der Waals surface area contributed by atoms with Crippen LogP contribution in [0.25, 0.3) is 6.08 Å². The number of benzene rings is 1. The van der Waals surface area contributed by atoms with Gasteiger partial charge in [0.25, 0.3) is 0 Å². The number of rotatable bonds is 4. The second-order valence-electron chi connectivity index (χ2n) is 6.40. The number of hydrogen-bond acceptors (Lipinski definition) is 4. The van der Waals surface area contributed by atoms with Crippen LogP contribution in [0.4, 0.5) is 4.79 Å². The molecule has 1 amide bonds. The lowest BCUT2D eigenvalue weighted by atomic mass is 10.1. The Morgan fingerprint density at radius 1 is 1.26 bits per heavy atom. The van der Waals surface area contributed by atoms with E-state index < -0.39 is 5.60 Å². The van der Waals surface area contributed by atoms with Crippen LogP contribution in [0.1, 0.15) is 38.8 Å². The second kappa shape index (κ2) is 7.81.